The highest BCUT2D eigenvalue weighted by atomic mass is 16.5. The van der Waals surface area contributed by atoms with Crippen molar-refractivity contribution in [3.05, 3.63) is 59.7 Å². The third kappa shape index (κ3) is 8.00. The molecule has 31 heavy (non-hydrogen) atoms. The number of hydrazine groups is 1. The molecule has 0 unspecified atom stereocenters. The molecule has 166 valence electrons. The molecule has 2 aromatic carbocycles. The Morgan fingerprint density at radius 1 is 0.935 bits per heavy atom. The average molecular weight is 428 g/mol. The molecule has 0 saturated heterocycles. The molecule has 2 amide bonds. The van der Waals surface area contributed by atoms with E-state index in [-0.39, 0.29) is 13.2 Å². The van der Waals surface area contributed by atoms with Crippen LogP contribution in [0.4, 0.5) is 0 Å². The highest BCUT2D eigenvalue weighted by Crippen LogP contribution is 2.18. The zero-order valence-corrected chi connectivity index (χ0v) is 18.0. The van der Waals surface area contributed by atoms with Crippen molar-refractivity contribution in [2.24, 2.45) is 5.92 Å². The lowest BCUT2D eigenvalue weighted by atomic mass is 10.1. The van der Waals surface area contributed by atoms with Crippen LogP contribution in [0, 0.1) is 5.92 Å². The van der Waals surface area contributed by atoms with E-state index in [0.29, 0.717) is 35.2 Å². The molecule has 2 aromatic rings. The van der Waals surface area contributed by atoms with Crippen molar-refractivity contribution in [1.82, 2.24) is 10.9 Å². The Balaban J connectivity index is 1.81. The van der Waals surface area contributed by atoms with Gasteiger partial charge in [-0.25, -0.2) is 4.79 Å². The van der Waals surface area contributed by atoms with Gasteiger partial charge in [0.25, 0.3) is 11.8 Å². The smallest absolute Gasteiger partial charge is 0.338 e. The molecule has 8 heteroatoms. The van der Waals surface area contributed by atoms with Crippen LogP contribution in [0.5, 0.6) is 11.5 Å². The van der Waals surface area contributed by atoms with Crippen molar-refractivity contribution in [1.29, 1.82) is 0 Å². The van der Waals surface area contributed by atoms with Crippen LogP contribution >= 0.6 is 0 Å². The Hall–Kier alpha value is -3.55. The van der Waals surface area contributed by atoms with Crippen LogP contribution in [-0.2, 0) is 9.53 Å². The van der Waals surface area contributed by atoms with Crippen molar-refractivity contribution in [2.75, 3.05) is 19.8 Å². The summed E-state index contributed by atoms with van der Waals surface area (Å²) in [5, 5.41) is 0. The molecule has 0 aliphatic carbocycles. The van der Waals surface area contributed by atoms with Crippen molar-refractivity contribution in [3.63, 3.8) is 0 Å². The minimum atomic E-state index is -0.541. The number of para-hydroxylation sites is 1. The zero-order valence-electron chi connectivity index (χ0n) is 18.0. The summed E-state index contributed by atoms with van der Waals surface area (Å²) in [7, 11) is 0. The van der Waals surface area contributed by atoms with E-state index >= 15 is 0 Å². The number of hydrogen-bond donors (Lipinski definition) is 2. The zero-order chi connectivity index (χ0) is 22.6. The molecular weight excluding hydrogens is 400 g/mol. The van der Waals surface area contributed by atoms with Gasteiger partial charge in [-0.15, -0.1) is 0 Å². The number of rotatable bonds is 10. The molecule has 0 atom stereocenters. The topological polar surface area (TPSA) is 103 Å². The molecule has 0 aliphatic rings. The molecule has 2 N–H and O–H groups in total. The van der Waals surface area contributed by atoms with Gasteiger partial charge in [0.15, 0.2) is 6.61 Å². The fourth-order valence-electron chi connectivity index (χ4n) is 2.47. The predicted molar refractivity (Wildman–Crippen MR) is 115 cm³/mol. The Bertz CT molecular complexity index is 880. The van der Waals surface area contributed by atoms with Crippen LogP contribution in [0.25, 0.3) is 0 Å². The van der Waals surface area contributed by atoms with Crippen LogP contribution in [0.1, 0.15) is 47.9 Å². The van der Waals surface area contributed by atoms with Crippen molar-refractivity contribution in [2.45, 2.75) is 27.2 Å². The van der Waals surface area contributed by atoms with E-state index < -0.39 is 17.8 Å². The van der Waals surface area contributed by atoms with Gasteiger partial charge in [-0.3, -0.25) is 20.4 Å². The van der Waals surface area contributed by atoms with Gasteiger partial charge in [0, 0.05) is 0 Å². The van der Waals surface area contributed by atoms with Crippen molar-refractivity contribution >= 4 is 17.8 Å². The second-order valence-electron chi connectivity index (χ2n) is 7.06. The van der Waals surface area contributed by atoms with Gasteiger partial charge in [0.1, 0.15) is 11.5 Å². The van der Waals surface area contributed by atoms with E-state index in [2.05, 4.69) is 24.7 Å². The number of amides is 2. The molecular formula is C23H28N2O6. The predicted octanol–water partition coefficient (Wildman–Crippen LogP) is 3.13. The largest absolute Gasteiger partial charge is 0.493 e. The van der Waals surface area contributed by atoms with E-state index in [1.54, 1.807) is 55.5 Å². The molecule has 2 rings (SSSR count). The molecule has 0 bridgehead atoms. The van der Waals surface area contributed by atoms with Gasteiger partial charge >= 0.3 is 5.97 Å². The minimum Gasteiger partial charge on any atom is -0.493 e. The van der Waals surface area contributed by atoms with Crippen LogP contribution in [0.15, 0.2) is 48.5 Å². The monoisotopic (exact) mass is 428 g/mol. The first-order valence-corrected chi connectivity index (χ1v) is 10.1. The second-order valence-corrected chi connectivity index (χ2v) is 7.06. The number of ether oxygens (including phenoxy) is 3. The molecule has 0 heterocycles. The van der Waals surface area contributed by atoms with E-state index in [4.69, 9.17) is 14.2 Å². The number of carbonyl (C=O) groups excluding carboxylic acids is 3. The van der Waals surface area contributed by atoms with Crippen molar-refractivity contribution < 1.29 is 28.6 Å². The Morgan fingerprint density at radius 3 is 2.32 bits per heavy atom. The molecule has 0 saturated carbocycles. The van der Waals surface area contributed by atoms with Crippen LogP contribution in [-0.4, -0.2) is 37.6 Å². The molecule has 0 radical (unpaired) electrons. The standard InChI is InChI=1S/C23H28N2O6/c1-4-29-23(28)17-9-11-18(12-10-17)31-15-21(26)24-25-22(27)19-7-5-6-8-20(19)30-14-13-16(2)3/h5-12,16H,4,13-15H2,1-3H3,(H,24,26)(H,25,27). The Kier molecular flexibility index (Phi) is 9.35. The third-order valence-corrected chi connectivity index (χ3v) is 4.14. The SMILES string of the molecule is CCOC(=O)c1ccc(OCC(=O)NNC(=O)c2ccccc2OCCC(C)C)cc1. The number of carbonyl (C=O) groups is 3. The van der Waals surface area contributed by atoms with E-state index in [9.17, 15) is 14.4 Å². The van der Waals surface area contributed by atoms with E-state index in [0.717, 1.165) is 6.42 Å². The average Bonchev–Trinajstić information content (AvgIpc) is 2.76. The first kappa shape index (κ1) is 23.7. The van der Waals surface area contributed by atoms with Gasteiger partial charge in [0.2, 0.25) is 0 Å². The summed E-state index contributed by atoms with van der Waals surface area (Å²) in [5.41, 5.74) is 5.37. The van der Waals surface area contributed by atoms with Gasteiger partial charge in [-0.1, -0.05) is 26.0 Å². The summed E-state index contributed by atoms with van der Waals surface area (Å²) in [4.78, 5) is 36.0. The summed E-state index contributed by atoms with van der Waals surface area (Å²) in [5.74, 6) is -0.121. The molecule has 0 aromatic heterocycles. The summed E-state index contributed by atoms with van der Waals surface area (Å²) >= 11 is 0. The highest BCUT2D eigenvalue weighted by Gasteiger charge is 2.13. The summed E-state index contributed by atoms with van der Waals surface area (Å²) in [6.07, 6.45) is 0.866. The molecule has 0 aliphatic heterocycles. The molecule has 0 spiro atoms. The van der Waals surface area contributed by atoms with Crippen LogP contribution < -0.4 is 20.3 Å². The third-order valence-electron chi connectivity index (χ3n) is 4.14. The maximum atomic E-state index is 12.4. The van der Waals surface area contributed by atoms with Gasteiger partial charge in [0.05, 0.1) is 24.3 Å². The van der Waals surface area contributed by atoms with Crippen molar-refractivity contribution in [3.8, 4) is 11.5 Å². The number of benzene rings is 2. The Morgan fingerprint density at radius 2 is 1.65 bits per heavy atom. The number of esters is 1. The lowest BCUT2D eigenvalue weighted by molar-refractivity contribution is -0.123. The maximum Gasteiger partial charge on any atom is 0.338 e. The van der Waals surface area contributed by atoms with Crippen LogP contribution in [0.2, 0.25) is 0 Å². The summed E-state index contributed by atoms with van der Waals surface area (Å²) in [6.45, 7) is 6.38. The lowest BCUT2D eigenvalue weighted by Crippen LogP contribution is -2.43. The number of nitrogens with one attached hydrogen (secondary N) is 2. The molecule has 8 nitrogen and oxygen atoms in total. The fraction of sp³-hybridized carbons (Fsp3) is 0.348. The number of hydrogen-bond acceptors (Lipinski definition) is 6. The van der Waals surface area contributed by atoms with E-state index in [1.807, 2.05) is 0 Å². The Labute approximate surface area is 181 Å². The quantitative estimate of drug-likeness (QED) is 0.445. The highest BCUT2D eigenvalue weighted by molar-refractivity contribution is 5.97. The van der Waals surface area contributed by atoms with E-state index in [1.165, 1.54) is 0 Å². The normalized spacial score (nSPS) is 10.3. The second kappa shape index (κ2) is 12.2. The van der Waals surface area contributed by atoms with Crippen LogP contribution in [0.3, 0.4) is 0 Å². The van der Waals surface area contributed by atoms with Gasteiger partial charge < -0.3 is 14.2 Å². The van der Waals surface area contributed by atoms with Gasteiger partial charge in [-0.05, 0) is 55.7 Å². The molecule has 0 fully saturated rings. The van der Waals surface area contributed by atoms with Gasteiger partial charge in [-0.2, -0.15) is 0 Å². The minimum absolute atomic E-state index is 0.289. The first-order valence-electron chi connectivity index (χ1n) is 10.1. The summed E-state index contributed by atoms with van der Waals surface area (Å²) < 4.78 is 16.0. The maximum absolute atomic E-state index is 12.4. The lowest BCUT2D eigenvalue weighted by Gasteiger charge is -2.13. The first-order chi connectivity index (χ1) is 14.9. The summed E-state index contributed by atoms with van der Waals surface area (Å²) in [6, 6.07) is 13.0. The fourth-order valence-corrected chi connectivity index (χ4v) is 2.47.